The molecule has 0 aromatic rings. The molecule has 0 saturated carbocycles. The molecule has 0 bridgehead atoms. The molecule has 1 amide bonds. The molecule has 0 aliphatic heterocycles. The van der Waals surface area contributed by atoms with Crippen LogP contribution < -0.4 is 20.6 Å². The molecule has 0 saturated heterocycles. The second kappa shape index (κ2) is 4.42. The Morgan fingerprint density at radius 2 is 2.00 bits per heavy atom. The standard InChI is InChI=1S/C3H8N2O5P/c6-3(5-7)1-4-2-11(8,9)10/h4H,1-2H2,(H3-,5,6,7,8,9,10)/q-1/p-2. The minimum atomic E-state index is -4.63. The lowest BCUT2D eigenvalue weighted by atomic mass is 10.6. The van der Waals surface area contributed by atoms with Crippen LogP contribution in [0.3, 0.4) is 0 Å². The molecular weight excluding hydrogens is 175 g/mol. The van der Waals surface area contributed by atoms with Crippen molar-refractivity contribution in [2.75, 3.05) is 12.8 Å². The number of hydrogen-bond acceptors (Lipinski definition) is 6. The number of amides is 1. The third-order valence-electron chi connectivity index (χ3n) is 0.705. The first-order valence-electron chi connectivity index (χ1n) is 2.58. The van der Waals surface area contributed by atoms with Gasteiger partial charge in [0.05, 0.1) is 6.54 Å². The van der Waals surface area contributed by atoms with E-state index in [1.807, 2.05) is 5.32 Å². The minimum Gasteiger partial charge on any atom is -0.810 e. The van der Waals surface area contributed by atoms with Crippen molar-refractivity contribution in [3.8, 4) is 0 Å². The Balaban J connectivity index is 3.43. The summed E-state index contributed by atoms with van der Waals surface area (Å²) in [5.41, 5.74) is 1.01. The van der Waals surface area contributed by atoms with Crippen molar-refractivity contribution in [3.63, 3.8) is 0 Å². The van der Waals surface area contributed by atoms with E-state index in [1.165, 1.54) is 0 Å². The first-order valence-corrected chi connectivity index (χ1v) is 4.31. The lowest BCUT2D eigenvalue weighted by Crippen LogP contribution is -2.34. The van der Waals surface area contributed by atoms with E-state index in [9.17, 15) is 24.4 Å². The Morgan fingerprint density at radius 1 is 1.45 bits per heavy atom. The van der Waals surface area contributed by atoms with Crippen LogP contribution in [0.1, 0.15) is 0 Å². The Hall–Kier alpha value is -0.460. The average molecular weight is 181 g/mol. The summed E-state index contributed by atoms with van der Waals surface area (Å²) < 4.78 is 9.90. The molecule has 0 heterocycles. The molecule has 11 heavy (non-hydrogen) atoms. The van der Waals surface area contributed by atoms with Crippen molar-refractivity contribution >= 4 is 13.5 Å². The largest absolute Gasteiger partial charge is 0.810 e. The van der Waals surface area contributed by atoms with E-state index in [-0.39, 0.29) is 0 Å². The minimum absolute atomic E-state index is 0.474. The van der Waals surface area contributed by atoms with Gasteiger partial charge in [-0.05, 0) is 0 Å². The van der Waals surface area contributed by atoms with Gasteiger partial charge >= 0.3 is 0 Å². The predicted molar refractivity (Wildman–Crippen MR) is 32.0 cm³/mol. The van der Waals surface area contributed by atoms with Crippen LogP contribution in [-0.4, -0.2) is 18.7 Å². The summed E-state index contributed by atoms with van der Waals surface area (Å²) >= 11 is 0. The molecule has 2 N–H and O–H groups in total. The second-order valence-electron chi connectivity index (χ2n) is 1.72. The fourth-order valence-electron chi connectivity index (χ4n) is 0.342. The first kappa shape index (κ1) is 10.5. The van der Waals surface area contributed by atoms with Gasteiger partial charge in [0.15, 0.2) is 0 Å². The molecule has 0 rings (SSSR count). The van der Waals surface area contributed by atoms with Crippen molar-refractivity contribution in [2.24, 2.45) is 0 Å². The van der Waals surface area contributed by atoms with E-state index < -0.39 is 26.3 Å². The van der Waals surface area contributed by atoms with Crippen LogP contribution in [0.4, 0.5) is 0 Å². The fraction of sp³-hybridized carbons (Fsp3) is 0.667. The second-order valence-corrected chi connectivity index (χ2v) is 3.26. The lowest BCUT2D eigenvalue weighted by Gasteiger charge is -2.29. The van der Waals surface area contributed by atoms with Crippen molar-refractivity contribution < 1.29 is 19.1 Å². The topological polar surface area (TPSA) is 127 Å². The van der Waals surface area contributed by atoms with Gasteiger partial charge < -0.3 is 30.4 Å². The molecule has 0 fully saturated rings. The molecule has 66 valence electrons. The summed E-state index contributed by atoms with van der Waals surface area (Å²) in [5, 5.41) is 11.5. The van der Waals surface area contributed by atoms with Gasteiger partial charge in [0, 0.05) is 6.29 Å². The van der Waals surface area contributed by atoms with Crippen LogP contribution in [0.2, 0.25) is 0 Å². The molecule has 8 heteroatoms. The van der Waals surface area contributed by atoms with Crippen LogP contribution in [0.5, 0.6) is 0 Å². The number of carbonyl (C=O) groups excluding carboxylic acids is 1. The van der Waals surface area contributed by atoms with Crippen molar-refractivity contribution in [3.05, 3.63) is 5.21 Å². The Bertz CT molecular complexity index is 177. The van der Waals surface area contributed by atoms with Gasteiger partial charge in [-0.3, -0.25) is 4.79 Å². The molecule has 0 unspecified atom stereocenters. The van der Waals surface area contributed by atoms with E-state index in [1.54, 1.807) is 0 Å². The fourth-order valence-corrected chi connectivity index (χ4v) is 0.728. The zero-order chi connectivity index (χ0) is 8.91. The summed E-state index contributed by atoms with van der Waals surface area (Å²) in [6.07, 6.45) is -0.833. The third-order valence-corrected chi connectivity index (χ3v) is 1.32. The maximum atomic E-state index is 10.1. The zero-order valence-electron chi connectivity index (χ0n) is 5.40. The van der Waals surface area contributed by atoms with E-state index in [2.05, 4.69) is 0 Å². The quantitative estimate of drug-likeness (QED) is 0.352. The number of hydroxylamine groups is 1. The van der Waals surface area contributed by atoms with Crippen LogP contribution >= 0.6 is 7.60 Å². The Kier molecular flexibility index (Phi) is 4.24. The van der Waals surface area contributed by atoms with Gasteiger partial charge in [-0.25, -0.2) is 0 Å². The van der Waals surface area contributed by atoms with Gasteiger partial charge in [0.1, 0.15) is 0 Å². The molecule has 0 atom stereocenters. The van der Waals surface area contributed by atoms with Gasteiger partial charge in [-0.15, -0.1) is 0 Å². The highest BCUT2D eigenvalue weighted by Crippen LogP contribution is 2.18. The monoisotopic (exact) mass is 181 g/mol. The van der Waals surface area contributed by atoms with Gasteiger partial charge in [-0.2, -0.15) is 0 Å². The normalized spacial score (nSPS) is 11.2. The lowest BCUT2D eigenvalue weighted by molar-refractivity contribution is -0.313. The van der Waals surface area contributed by atoms with Crippen molar-refractivity contribution in [1.82, 2.24) is 10.8 Å². The SMILES string of the molecule is O=C(CNCP(=O)([O-])[O-])N[O-]. The van der Waals surface area contributed by atoms with Crippen LogP contribution in [-0.2, 0) is 9.36 Å². The summed E-state index contributed by atoms with van der Waals surface area (Å²) in [6, 6.07) is 0. The molecule has 0 radical (unpaired) electrons. The number of rotatable bonds is 4. The maximum absolute atomic E-state index is 10.1. The predicted octanol–water partition coefficient (Wildman–Crippen LogP) is -2.94. The molecular formula is C3H6N2O5P-3. The first-order chi connectivity index (χ1) is 4.95. The summed E-state index contributed by atoms with van der Waals surface area (Å²) in [5.74, 6) is -0.918. The zero-order valence-corrected chi connectivity index (χ0v) is 6.30. The summed E-state index contributed by atoms with van der Waals surface area (Å²) in [7, 11) is -4.63. The van der Waals surface area contributed by atoms with E-state index in [4.69, 9.17) is 0 Å². The molecule has 0 aromatic heterocycles. The van der Waals surface area contributed by atoms with E-state index in [0.717, 1.165) is 5.48 Å². The summed E-state index contributed by atoms with van der Waals surface area (Å²) in [6.45, 7) is -0.474. The smallest absolute Gasteiger partial charge is 0.223 e. The molecule has 7 nitrogen and oxygen atoms in total. The highest BCUT2D eigenvalue weighted by molar-refractivity contribution is 7.48. The highest BCUT2D eigenvalue weighted by atomic mass is 31.2. The number of hydrogen-bond donors (Lipinski definition) is 2. The molecule has 0 aromatic carbocycles. The van der Waals surface area contributed by atoms with Crippen molar-refractivity contribution in [1.29, 1.82) is 0 Å². The maximum Gasteiger partial charge on any atom is 0.223 e. The summed E-state index contributed by atoms with van der Waals surface area (Å²) in [4.78, 5) is 29.9. The van der Waals surface area contributed by atoms with Crippen LogP contribution in [0.25, 0.3) is 0 Å². The van der Waals surface area contributed by atoms with Crippen LogP contribution in [0, 0.1) is 5.21 Å². The van der Waals surface area contributed by atoms with Gasteiger partial charge in [-0.1, -0.05) is 7.60 Å². The van der Waals surface area contributed by atoms with Gasteiger partial charge in [0.2, 0.25) is 5.91 Å². The van der Waals surface area contributed by atoms with Gasteiger partial charge in [0.25, 0.3) is 0 Å². The van der Waals surface area contributed by atoms with E-state index >= 15 is 0 Å². The van der Waals surface area contributed by atoms with Crippen molar-refractivity contribution in [2.45, 2.75) is 0 Å². The third kappa shape index (κ3) is 7.44. The number of nitrogens with one attached hydrogen (secondary N) is 2. The average Bonchev–Trinajstić information content (AvgIpc) is 1.85. The Labute approximate surface area is 62.5 Å². The van der Waals surface area contributed by atoms with Crippen LogP contribution in [0.15, 0.2) is 0 Å². The highest BCUT2D eigenvalue weighted by Gasteiger charge is 1.94. The molecule has 0 aliphatic carbocycles. The molecule has 0 spiro atoms. The molecule has 0 aliphatic rings. The number of carbonyl (C=O) groups is 1. The Morgan fingerprint density at radius 3 is 2.36 bits per heavy atom. The van der Waals surface area contributed by atoms with E-state index in [0.29, 0.717) is 0 Å².